The molecule has 1 unspecified atom stereocenters. The molecule has 0 fully saturated rings. The molecule has 0 aromatic heterocycles. The Bertz CT molecular complexity index is 2040. The zero-order chi connectivity index (χ0) is 35.2. The summed E-state index contributed by atoms with van der Waals surface area (Å²) in [6.07, 6.45) is -0.148. The van der Waals surface area contributed by atoms with E-state index in [0.717, 1.165) is 16.7 Å². The van der Waals surface area contributed by atoms with E-state index in [0.29, 0.717) is 21.5 Å². The largest absolute Gasteiger partial charge is 0.469 e. The van der Waals surface area contributed by atoms with Gasteiger partial charge in [-0.25, -0.2) is 8.42 Å². The van der Waals surface area contributed by atoms with Gasteiger partial charge in [0.15, 0.2) is 0 Å². The number of para-hydroxylation sites is 2. The van der Waals surface area contributed by atoms with E-state index in [9.17, 15) is 18.0 Å². The van der Waals surface area contributed by atoms with Crippen molar-refractivity contribution in [1.29, 1.82) is 0 Å². The summed E-state index contributed by atoms with van der Waals surface area (Å²) in [7, 11) is -2.75. The minimum Gasteiger partial charge on any atom is -0.469 e. The molecule has 8 nitrogen and oxygen atoms in total. The zero-order valence-corrected chi connectivity index (χ0v) is 30.0. The minimum atomic E-state index is -4.03. The number of anilines is 1. The van der Waals surface area contributed by atoms with Gasteiger partial charge in [-0.2, -0.15) is 0 Å². The van der Waals surface area contributed by atoms with Gasteiger partial charge in [0.05, 0.1) is 35.7 Å². The normalized spacial score (nSPS) is 12.1. The summed E-state index contributed by atoms with van der Waals surface area (Å²) in [5.41, 5.74) is 3.40. The number of carbonyl (C=O) groups excluding carboxylic acids is 2. The van der Waals surface area contributed by atoms with E-state index in [4.69, 9.17) is 9.47 Å². The Hall–Kier alpha value is -4.93. The van der Waals surface area contributed by atoms with Crippen molar-refractivity contribution < 1.29 is 27.5 Å². The number of halogens is 1. The third-order valence-corrected chi connectivity index (χ3v) is 9.76. The van der Waals surface area contributed by atoms with Gasteiger partial charge < -0.3 is 14.8 Å². The van der Waals surface area contributed by atoms with E-state index < -0.39 is 27.9 Å². The summed E-state index contributed by atoms with van der Waals surface area (Å²) in [6, 6.07) is 35.1. The number of esters is 1. The predicted molar refractivity (Wildman–Crippen MR) is 195 cm³/mol. The number of hydrogen-bond donors (Lipinski definition) is 2. The molecule has 49 heavy (non-hydrogen) atoms. The van der Waals surface area contributed by atoms with Gasteiger partial charge >= 0.3 is 5.97 Å². The standard InChI is InChI=1S/C39H37BrN2O6S/c1-39(2,3)28-18-21-31(22-19-28)49(45,46)42-34-23-20-29(40)24-33(34)38(44)41-35(25-37(43)47-4)27-16-14-26(15-17-27)32-12-8-9-13-36(32)48-30-10-6-5-7-11-30/h5-24,35,42H,25H2,1-4H3,(H,41,44). The number of hydrogen-bond acceptors (Lipinski definition) is 6. The summed E-state index contributed by atoms with van der Waals surface area (Å²) in [6.45, 7) is 6.14. The highest BCUT2D eigenvalue weighted by Crippen LogP contribution is 2.34. The van der Waals surface area contributed by atoms with Crippen LogP contribution in [0.2, 0.25) is 0 Å². The molecule has 2 N–H and O–H groups in total. The van der Waals surface area contributed by atoms with Gasteiger partial charge in [0.1, 0.15) is 11.5 Å². The average molecular weight is 742 g/mol. The van der Waals surface area contributed by atoms with Crippen LogP contribution in [-0.4, -0.2) is 27.4 Å². The Morgan fingerprint density at radius 3 is 2.12 bits per heavy atom. The van der Waals surface area contributed by atoms with Gasteiger partial charge in [0, 0.05) is 10.0 Å². The lowest BCUT2D eigenvalue weighted by Gasteiger charge is -2.21. The number of methoxy groups -OCH3 is 1. The van der Waals surface area contributed by atoms with Gasteiger partial charge in [0.25, 0.3) is 15.9 Å². The molecule has 5 aromatic carbocycles. The van der Waals surface area contributed by atoms with Crippen LogP contribution in [0.4, 0.5) is 5.69 Å². The van der Waals surface area contributed by atoms with Crippen molar-refractivity contribution in [1.82, 2.24) is 5.32 Å². The number of rotatable bonds is 11. The molecule has 0 aliphatic heterocycles. The number of nitrogens with one attached hydrogen (secondary N) is 2. The molecule has 0 radical (unpaired) electrons. The highest BCUT2D eigenvalue weighted by atomic mass is 79.9. The number of benzene rings is 5. The number of sulfonamides is 1. The number of carbonyl (C=O) groups is 2. The topological polar surface area (TPSA) is 111 Å². The Morgan fingerprint density at radius 2 is 1.47 bits per heavy atom. The lowest BCUT2D eigenvalue weighted by atomic mass is 9.87. The van der Waals surface area contributed by atoms with Crippen molar-refractivity contribution >= 4 is 43.5 Å². The van der Waals surface area contributed by atoms with Crippen LogP contribution in [0.3, 0.4) is 0 Å². The van der Waals surface area contributed by atoms with E-state index in [2.05, 4.69) is 26.0 Å². The second-order valence-electron chi connectivity index (χ2n) is 12.4. The molecule has 5 aromatic rings. The van der Waals surface area contributed by atoms with Crippen LogP contribution in [0, 0.1) is 0 Å². The second-order valence-corrected chi connectivity index (χ2v) is 15.0. The van der Waals surface area contributed by atoms with E-state index in [-0.39, 0.29) is 28.0 Å². The van der Waals surface area contributed by atoms with Crippen LogP contribution in [0.5, 0.6) is 11.5 Å². The van der Waals surface area contributed by atoms with Crippen LogP contribution in [0.1, 0.15) is 54.7 Å². The molecule has 0 saturated heterocycles. The van der Waals surface area contributed by atoms with E-state index >= 15 is 0 Å². The fourth-order valence-corrected chi connectivity index (χ4v) is 6.61. The molecular formula is C39H37BrN2O6S. The van der Waals surface area contributed by atoms with Gasteiger partial charge in [-0.3, -0.25) is 14.3 Å². The first-order valence-electron chi connectivity index (χ1n) is 15.6. The molecule has 1 amide bonds. The highest BCUT2D eigenvalue weighted by molar-refractivity contribution is 9.10. The average Bonchev–Trinajstić information content (AvgIpc) is 3.09. The van der Waals surface area contributed by atoms with Crippen molar-refractivity contribution in [3.8, 4) is 22.6 Å². The Morgan fingerprint density at radius 1 is 0.816 bits per heavy atom. The van der Waals surface area contributed by atoms with Crippen molar-refractivity contribution in [2.45, 2.75) is 43.5 Å². The summed E-state index contributed by atoms with van der Waals surface area (Å²) in [5.74, 6) is 0.280. The van der Waals surface area contributed by atoms with Crippen molar-refractivity contribution in [2.24, 2.45) is 0 Å². The third kappa shape index (κ3) is 8.95. The minimum absolute atomic E-state index is 0.0641. The first kappa shape index (κ1) is 35.4. The molecule has 252 valence electrons. The molecule has 1 atom stereocenters. The molecule has 0 saturated carbocycles. The molecule has 10 heteroatoms. The third-order valence-electron chi connectivity index (χ3n) is 7.89. The smallest absolute Gasteiger partial charge is 0.307 e. The summed E-state index contributed by atoms with van der Waals surface area (Å²) >= 11 is 3.39. The van der Waals surface area contributed by atoms with Crippen LogP contribution < -0.4 is 14.8 Å². The molecule has 0 spiro atoms. The molecule has 0 heterocycles. The van der Waals surface area contributed by atoms with Crippen molar-refractivity contribution in [3.63, 3.8) is 0 Å². The molecule has 0 bridgehead atoms. The molecular weight excluding hydrogens is 704 g/mol. The van der Waals surface area contributed by atoms with Gasteiger partial charge in [-0.1, -0.05) is 109 Å². The maximum Gasteiger partial charge on any atom is 0.307 e. The lowest BCUT2D eigenvalue weighted by Crippen LogP contribution is -2.31. The van der Waals surface area contributed by atoms with Crippen LogP contribution in [0.25, 0.3) is 11.1 Å². The lowest BCUT2D eigenvalue weighted by molar-refractivity contribution is -0.141. The predicted octanol–water partition coefficient (Wildman–Crippen LogP) is 9.04. The van der Waals surface area contributed by atoms with Crippen molar-refractivity contribution in [3.05, 3.63) is 142 Å². The van der Waals surface area contributed by atoms with Gasteiger partial charge in [0.2, 0.25) is 0 Å². The highest BCUT2D eigenvalue weighted by Gasteiger charge is 2.24. The van der Waals surface area contributed by atoms with E-state index in [1.165, 1.54) is 19.2 Å². The molecule has 5 rings (SSSR count). The fraction of sp³-hybridized carbons (Fsp3) is 0.179. The van der Waals surface area contributed by atoms with Crippen molar-refractivity contribution in [2.75, 3.05) is 11.8 Å². The van der Waals surface area contributed by atoms with E-state index in [1.54, 1.807) is 30.3 Å². The monoisotopic (exact) mass is 740 g/mol. The Labute approximate surface area is 295 Å². The molecule has 0 aliphatic carbocycles. The summed E-state index contributed by atoms with van der Waals surface area (Å²) in [5, 5.41) is 2.92. The van der Waals surface area contributed by atoms with Gasteiger partial charge in [-0.15, -0.1) is 0 Å². The summed E-state index contributed by atoms with van der Waals surface area (Å²) in [4.78, 5) is 26.4. The Balaban J connectivity index is 1.40. The summed E-state index contributed by atoms with van der Waals surface area (Å²) < 4.78 is 41.0. The quantitative estimate of drug-likeness (QED) is 0.131. The maximum atomic E-state index is 13.8. The van der Waals surface area contributed by atoms with Crippen LogP contribution in [-0.2, 0) is 25.0 Å². The first-order chi connectivity index (χ1) is 23.3. The first-order valence-corrected chi connectivity index (χ1v) is 17.8. The van der Waals surface area contributed by atoms with Gasteiger partial charge in [-0.05, 0) is 70.6 Å². The SMILES string of the molecule is COC(=O)CC(NC(=O)c1cc(Br)ccc1NS(=O)(=O)c1ccc(C(C)(C)C)cc1)c1ccc(-c2ccccc2Oc2ccccc2)cc1. The maximum absolute atomic E-state index is 13.8. The van der Waals surface area contributed by atoms with Crippen LogP contribution >= 0.6 is 15.9 Å². The second kappa shape index (κ2) is 15.1. The van der Waals surface area contributed by atoms with Crippen LogP contribution in [0.15, 0.2) is 131 Å². The Kier molecular flexibility index (Phi) is 10.9. The van der Waals surface area contributed by atoms with E-state index in [1.807, 2.05) is 99.6 Å². The zero-order valence-electron chi connectivity index (χ0n) is 27.6. The molecule has 0 aliphatic rings. The number of ether oxygens (including phenoxy) is 2. The number of amides is 1. The fourth-order valence-electron chi connectivity index (χ4n) is 5.17.